The molecule has 0 aliphatic rings. The Hall–Kier alpha value is -2.53. The molecule has 0 amide bonds. The van der Waals surface area contributed by atoms with Crippen molar-refractivity contribution in [1.82, 2.24) is 15.0 Å². The number of aryl methyl sites for hydroxylation is 1. The summed E-state index contributed by atoms with van der Waals surface area (Å²) < 4.78 is 10.9. The molecule has 3 aromatic rings. The number of fused-ring (bicyclic) bond motifs is 1. The summed E-state index contributed by atoms with van der Waals surface area (Å²) in [5.41, 5.74) is 3.65. The van der Waals surface area contributed by atoms with Gasteiger partial charge in [-0.3, -0.25) is 0 Å². The maximum absolute atomic E-state index is 5.85. The van der Waals surface area contributed by atoms with Gasteiger partial charge < -0.3 is 9.47 Å². The van der Waals surface area contributed by atoms with Crippen LogP contribution in [0.4, 0.5) is 0 Å². The van der Waals surface area contributed by atoms with Crippen LogP contribution in [0.25, 0.3) is 22.3 Å². The number of ether oxygens (including phenoxy) is 2. The zero-order valence-corrected chi connectivity index (χ0v) is 15.1. The molecule has 3 rings (SSSR count). The Morgan fingerprint density at radius 1 is 1.04 bits per heavy atom. The van der Waals surface area contributed by atoms with Gasteiger partial charge in [-0.15, -0.1) is 0 Å². The van der Waals surface area contributed by atoms with Crippen LogP contribution >= 0.6 is 0 Å². The number of rotatable bonds is 6. The monoisotopic (exact) mass is 337 g/mol. The third kappa shape index (κ3) is 3.77. The van der Waals surface area contributed by atoms with Crippen molar-refractivity contribution >= 4 is 10.9 Å². The Balaban J connectivity index is 2.08. The zero-order valence-electron chi connectivity index (χ0n) is 15.1. The highest BCUT2D eigenvalue weighted by Crippen LogP contribution is 2.29. The van der Waals surface area contributed by atoms with E-state index in [0.29, 0.717) is 13.2 Å². The van der Waals surface area contributed by atoms with Gasteiger partial charge in [0.25, 0.3) is 0 Å². The lowest BCUT2D eigenvalue weighted by atomic mass is 10.1. The van der Waals surface area contributed by atoms with E-state index >= 15 is 0 Å². The maximum Gasteiger partial charge on any atom is 0.145 e. The average molecular weight is 337 g/mol. The summed E-state index contributed by atoms with van der Waals surface area (Å²) in [6.07, 6.45) is 1.79. The normalized spacial score (nSPS) is 11.2. The van der Waals surface area contributed by atoms with Gasteiger partial charge >= 0.3 is 0 Å². The second-order valence-corrected chi connectivity index (χ2v) is 6.27. The Morgan fingerprint density at radius 2 is 1.88 bits per heavy atom. The fraction of sp³-hybridized carbons (Fsp3) is 0.350. The van der Waals surface area contributed by atoms with Crippen LogP contribution < -0.4 is 4.74 Å². The Labute approximate surface area is 148 Å². The Morgan fingerprint density at radius 3 is 2.64 bits per heavy atom. The highest BCUT2D eigenvalue weighted by atomic mass is 16.5. The third-order valence-electron chi connectivity index (χ3n) is 4.01. The topological polar surface area (TPSA) is 57.1 Å². The molecule has 0 aliphatic heterocycles. The van der Waals surface area contributed by atoms with Crippen molar-refractivity contribution in [2.45, 2.75) is 26.7 Å². The highest BCUT2D eigenvalue weighted by molar-refractivity contribution is 5.89. The first kappa shape index (κ1) is 17.3. The lowest BCUT2D eigenvalue weighted by Gasteiger charge is -2.12. The van der Waals surface area contributed by atoms with Gasteiger partial charge in [-0.25, -0.2) is 15.0 Å². The molecule has 2 heterocycles. The lowest BCUT2D eigenvalue weighted by Crippen LogP contribution is -2.05. The summed E-state index contributed by atoms with van der Waals surface area (Å²) in [6.45, 7) is 7.28. The third-order valence-corrected chi connectivity index (χ3v) is 4.01. The van der Waals surface area contributed by atoms with E-state index < -0.39 is 0 Å². The molecule has 0 N–H and O–H groups in total. The van der Waals surface area contributed by atoms with Crippen LogP contribution in [0, 0.1) is 6.92 Å². The van der Waals surface area contributed by atoms with Crippen molar-refractivity contribution in [3.05, 3.63) is 47.9 Å². The Bertz CT molecular complexity index is 878. The minimum atomic E-state index is 0.273. The van der Waals surface area contributed by atoms with Crippen LogP contribution in [-0.4, -0.2) is 35.3 Å². The number of aromatic nitrogens is 3. The molecule has 0 aliphatic carbocycles. The van der Waals surface area contributed by atoms with Gasteiger partial charge in [0.1, 0.15) is 23.7 Å². The molecule has 130 valence electrons. The molecule has 5 nitrogen and oxygen atoms in total. The van der Waals surface area contributed by atoms with Crippen LogP contribution in [0.5, 0.6) is 5.75 Å². The first-order chi connectivity index (χ1) is 12.1. The predicted octanol–water partition coefficient (Wildman–Crippen LogP) is 4.15. The van der Waals surface area contributed by atoms with Crippen LogP contribution in [0.1, 0.15) is 31.2 Å². The van der Waals surface area contributed by atoms with E-state index in [1.165, 1.54) is 0 Å². The van der Waals surface area contributed by atoms with Crippen LogP contribution in [-0.2, 0) is 4.74 Å². The number of nitrogens with zero attached hydrogens (tertiary/aromatic N) is 3. The van der Waals surface area contributed by atoms with Gasteiger partial charge in [-0.1, -0.05) is 26.0 Å². The number of methoxy groups -OCH3 is 1. The Kier molecular flexibility index (Phi) is 5.24. The van der Waals surface area contributed by atoms with Gasteiger partial charge in [-0.2, -0.15) is 0 Å². The standard InChI is InChI=1S/C20H23N3O2/c1-13(2)20-21-9-8-16(23-20)17-12-14(3)15-6-5-7-18(19(15)22-17)25-11-10-24-4/h5-9,12-13H,10-11H2,1-4H3. The summed E-state index contributed by atoms with van der Waals surface area (Å²) in [5.74, 6) is 1.86. The maximum atomic E-state index is 5.85. The van der Waals surface area contributed by atoms with Crippen molar-refractivity contribution in [3.63, 3.8) is 0 Å². The second-order valence-electron chi connectivity index (χ2n) is 6.27. The molecule has 0 spiro atoms. The van der Waals surface area contributed by atoms with E-state index in [2.05, 4.69) is 42.9 Å². The van der Waals surface area contributed by atoms with Crippen molar-refractivity contribution in [3.8, 4) is 17.1 Å². The summed E-state index contributed by atoms with van der Waals surface area (Å²) >= 11 is 0. The minimum absolute atomic E-state index is 0.273. The largest absolute Gasteiger partial charge is 0.489 e. The zero-order chi connectivity index (χ0) is 17.8. The molecule has 2 aromatic heterocycles. The summed E-state index contributed by atoms with van der Waals surface area (Å²) in [5, 5.41) is 1.08. The minimum Gasteiger partial charge on any atom is -0.489 e. The molecular weight excluding hydrogens is 314 g/mol. The molecule has 0 radical (unpaired) electrons. The lowest BCUT2D eigenvalue weighted by molar-refractivity contribution is 0.147. The van der Waals surface area contributed by atoms with Crippen molar-refractivity contribution < 1.29 is 9.47 Å². The van der Waals surface area contributed by atoms with E-state index in [-0.39, 0.29) is 5.92 Å². The number of hydrogen-bond acceptors (Lipinski definition) is 5. The molecule has 0 saturated carbocycles. The average Bonchev–Trinajstić information content (AvgIpc) is 2.62. The van der Waals surface area contributed by atoms with E-state index in [1.807, 2.05) is 18.2 Å². The second kappa shape index (κ2) is 7.57. The number of benzene rings is 1. The number of para-hydroxylation sites is 1. The van der Waals surface area contributed by atoms with Crippen LogP contribution in [0.2, 0.25) is 0 Å². The van der Waals surface area contributed by atoms with Crippen molar-refractivity contribution in [2.24, 2.45) is 0 Å². The smallest absolute Gasteiger partial charge is 0.145 e. The van der Waals surface area contributed by atoms with Gasteiger partial charge in [0.05, 0.1) is 18.0 Å². The molecular formula is C20H23N3O2. The van der Waals surface area contributed by atoms with E-state index in [1.54, 1.807) is 13.3 Å². The SMILES string of the molecule is COCCOc1cccc2c(C)cc(-c3ccnc(C(C)C)n3)nc12. The molecule has 0 unspecified atom stereocenters. The quantitative estimate of drug-likeness (QED) is 0.633. The van der Waals surface area contributed by atoms with Gasteiger partial charge in [-0.05, 0) is 30.7 Å². The van der Waals surface area contributed by atoms with Crippen molar-refractivity contribution in [1.29, 1.82) is 0 Å². The van der Waals surface area contributed by atoms with E-state index in [9.17, 15) is 0 Å². The summed E-state index contributed by atoms with van der Waals surface area (Å²) in [4.78, 5) is 13.8. The summed E-state index contributed by atoms with van der Waals surface area (Å²) in [7, 11) is 1.66. The van der Waals surface area contributed by atoms with E-state index in [4.69, 9.17) is 14.5 Å². The molecule has 0 atom stereocenters. The van der Waals surface area contributed by atoms with Gasteiger partial charge in [0.15, 0.2) is 0 Å². The molecule has 0 saturated heterocycles. The molecule has 0 fully saturated rings. The predicted molar refractivity (Wildman–Crippen MR) is 99.0 cm³/mol. The number of pyridine rings is 1. The molecule has 5 heteroatoms. The van der Waals surface area contributed by atoms with Gasteiger partial charge in [0.2, 0.25) is 0 Å². The van der Waals surface area contributed by atoms with Crippen LogP contribution in [0.15, 0.2) is 36.5 Å². The van der Waals surface area contributed by atoms with Gasteiger partial charge in [0, 0.05) is 24.6 Å². The molecule has 0 bridgehead atoms. The first-order valence-electron chi connectivity index (χ1n) is 8.45. The van der Waals surface area contributed by atoms with Crippen molar-refractivity contribution in [2.75, 3.05) is 20.3 Å². The van der Waals surface area contributed by atoms with E-state index in [0.717, 1.165) is 39.4 Å². The molecule has 25 heavy (non-hydrogen) atoms. The first-order valence-corrected chi connectivity index (χ1v) is 8.45. The highest BCUT2D eigenvalue weighted by Gasteiger charge is 2.12. The fourth-order valence-corrected chi connectivity index (χ4v) is 2.67. The molecule has 1 aromatic carbocycles. The fourth-order valence-electron chi connectivity index (χ4n) is 2.67. The van der Waals surface area contributed by atoms with Crippen LogP contribution in [0.3, 0.4) is 0 Å². The number of hydrogen-bond donors (Lipinski definition) is 0. The summed E-state index contributed by atoms with van der Waals surface area (Å²) in [6, 6.07) is 9.94.